The normalized spacial score (nSPS) is 14.8. The molecule has 0 amide bonds. The first-order chi connectivity index (χ1) is 17.2. The lowest BCUT2D eigenvalue weighted by molar-refractivity contribution is -0.122. The van der Waals surface area contributed by atoms with Crippen molar-refractivity contribution >= 4 is 23.1 Å². The number of hydrogen-bond donors (Lipinski definition) is 2. The Labute approximate surface area is 206 Å². The van der Waals surface area contributed by atoms with E-state index in [1.165, 1.54) is 42.9 Å². The third kappa shape index (κ3) is 6.19. The van der Waals surface area contributed by atoms with E-state index < -0.39 is 0 Å². The number of carbonyl (C=O) groups is 1. The minimum atomic E-state index is -0.250. The van der Waals surface area contributed by atoms with E-state index in [-0.39, 0.29) is 6.47 Å². The van der Waals surface area contributed by atoms with Gasteiger partial charge in [-0.25, -0.2) is 0 Å². The SMILES string of the molecule is COc1cc2c(NCc3cccnc3)c3c(nc2cc1OCCCN1CCCC1)CCC3.O=CO. The maximum atomic E-state index is 8.36. The van der Waals surface area contributed by atoms with Gasteiger partial charge in [0.15, 0.2) is 11.5 Å². The second-order valence-electron chi connectivity index (χ2n) is 8.86. The van der Waals surface area contributed by atoms with Crippen LogP contribution in [0.1, 0.15) is 42.5 Å². The summed E-state index contributed by atoms with van der Waals surface area (Å²) in [5.74, 6) is 1.55. The molecule has 0 bridgehead atoms. The number of hydrogen-bond acceptors (Lipinski definition) is 7. The molecule has 8 nitrogen and oxygen atoms in total. The van der Waals surface area contributed by atoms with E-state index in [1.807, 2.05) is 12.3 Å². The Morgan fingerprint density at radius 2 is 2.00 bits per heavy atom. The van der Waals surface area contributed by atoms with Gasteiger partial charge in [0.2, 0.25) is 0 Å². The van der Waals surface area contributed by atoms with Crippen LogP contribution in [-0.2, 0) is 24.2 Å². The number of rotatable bonds is 9. The lowest BCUT2D eigenvalue weighted by atomic mass is 10.1. The van der Waals surface area contributed by atoms with Gasteiger partial charge in [-0.1, -0.05) is 6.07 Å². The number of nitrogens with zero attached hydrogens (tertiary/aromatic N) is 3. The van der Waals surface area contributed by atoms with Crippen LogP contribution in [-0.4, -0.2) is 59.8 Å². The van der Waals surface area contributed by atoms with Gasteiger partial charge in [0.1, 0.15) is 0 Å². The lowest BCUT2D eigenvalue weighted by Crippen LogP contribution is -2.21. The summed E-state index contributed by atoms with van der Waals surface area (Å²) < 4.78 is 11.9. The molecule has 1 aliphatic carbocycles. The third-order valence-electron chi connectivity index (χ3n) is 6.56. The molecule has 1 saturated heterocycles. The number of carboxylic acid groups (broad SMARTS) is 1. The number of methoxy groups -OCH3 is 1. The topological polar surface area (TPSA) is 96.8 Å². The Hall–Kier alpha value is -3.39. The van der Waals surface area contributed by atoms with Crippen LogP contribution in [0.4, 0.5) is 5.69 Å². The summed E-state index contributed by atoms with van der Waals surface area (Å²) in [7, 11) is 1.71. The largest absolute Gasteiger partial charge is 0.493 e. The maximum Gasteiger partial charge on any atom is 0.290 e. The summed E-state index contributed by atoms with van der Waals surface area (Å²) >= 11 is 0. The van der Waals surface area contributed by atoms with Gasteiger partial charge in [-0.2, -0.15) is 0 Å². The average molecular weight is 479 g/mol. The van der Waals surface area contributed by atoms with Crippen molar-refractivity contribution in [1.82, 2.24) is 14.9 Å². The zero-order valence-electron chi connectivity index (χ0n) is 20.3. The molecule has 0 spiro atoms. The number of anilines is 1. The number of likely N-dealkylation sites (tertiary alicyclic amines) is 1. The summed E-state index contributed by atoms with van der Waals surface area (Å²) in [6.45, 7) is 4.72. The molecular formula is C27H34N4O4. The Bertz CT molecular complexity index is 1120. The van der Waals surface area contributed by atoms with Crippen LogP contribution in [0.5, 0.6) is 11.5 Å². The number of aryl methyl sites for hydroxylation is 1. The molecule has 8 heteroatoms. The molecule has 2 N–H and O–H groups in total. The summed E-state index contributed by atoms with van der Waals surface area (Å²) in [5, 5.41) is 11.7. The fourth-order valence-electron chi connectivity index (χ4n) is 4.91. The van der Waals surface area contributed by atoms with E-state index >= 15 is 0 Å². The molecular weight excluding hydrogens is 444 g/mol. The minimum Gasteiger partial charge on any atom is -0.493 e. The molecule has 0 atom stereocenters. The zero-order chi connectivity index (χ0) is 24.5. The molecule has 0 radical (unpaired) electrons. The van der Waals surface area contributed by atoms with Gasteiger partial charge < -0.3 is 24.8 Å². The van der Waals surface area contributed by atoms with E-state index in [2.05, 4.69) is 33.4 Å². The van der Waals surface area contributed by atoms with Crippen LogP contribution in [0.3, 0.4) is 0 Å². The molecule has 186 valence electrons. The molecule has 2 aliphatic rings. The second-order valence-corrected chi connectivity index (χ2v) is 8.86. The highest BCUT2D eigenvalue weighted by Gasteiger charge is 2.21. The molecule has 0 unspecified atom stereocenters. The summed E-state index contributed by atoms with van der Waals surface area (Å²) in [5.41, 5.74) is 5.84. The number of aromatic nitrogens is 2. The smallest absolute Gasteiger partial charge is 0.290 e. The Morgan fingerprint density at radius 3 is 2.74 bits per heavy atom. The van der Waals surface area contributed by atoms with Crippen molar-refractivity contribution in [2.24, 2.45) is 0 Å². The van der Waals surface area contributed by atoms with Gasteiger partial charge in [-0.3, -0.25) is 14.8 Å². The Kier molecular flexibility index (Phi) is 8.73. The molecule has 1 aliphatic heterocycles. The van der Waals surface area contributed by atoms with Crippen molar-refractivity contribution in [2.45, 2.75) is 45.1 Å². The van der Waals surface area contributed by atoms with Gasteiger partial charge in [0.25, 0.3) is 6.47 Å². The van der Waals surface area contributed by atoms with Crippen molar-refractivity contribution in [3.8, 4) is 11.5 Å². The maximum absolute atomic E-state index is 8.36. The second kappa shape index (κ2) is 12.4. The highest BCUT2D eigenvalue weighted by atomic mass is 16.5. The van der Waals surface area contributed by atoms with Crippen LogP contribution < -0.4 is 14.8 Å². The van der Waals surface area contributed by atoms with Crippen molar-refractivity contribution in [3.63, 3.8) is 0 Å². The highest BCUT2D eigenvalue weighted by Crippen LogP contribution is 2.39. The molecule has 0 saturated carbocycles. The monoisotopic (exact) mass is 478 g/mol. The van der Waals surface area contributed by atoms with Crippen molar-refractivity contribution in [2.75, 3.05) is 38.7 Å². The predicted molar refractivity (Wildman–Crippen MR) is 136 cm³/mol. The van der Waals surface area contributed by atoms with Crippen LogP contribution in [0, 0.1) is 0 Å². The minimum absolute atomic E-state index is 0.250. The molecule has 1 aromatic carbocycles. The van der Waals surface area contributed by atoms with Gasteiger partial charge in [-0.05, 0) is 74.9 Å². The van der Waals surface area contributed by atoms with Crippen LogP contribution in [0.25, 0.3) is 10.9 Å². The van der Waals surface area contributed by atoms with E-state index in [1.54, 1.807) is 13.3 Å². The first kappa shape index (κ1) is 24.7. The summed E-state index contributed by atoms with van der Waals surface area (Å²) in [6.07, 6.45) is 10.6. The van der Waals surface area contributed by atoms with E-state index in [0.29, 0.717) is 6.61 Å². The average Bonchev–Trinajstić information content (AvgIpc) is 3.57. The molecule has 2 aromatic heterocycles. The predicted octanol–water partition coefficient (Wildman–Crippen LogP) is 4.30. The summed E-state index contributed by atoms with van der Waals surface area (Å²) in [6, 6.07) is 8.21. The van der Waals surface area contributed by atoms with Gasteiger partial charge >= 0.3 is 0 Å². The first-order valence-electron chi connectivity index (χ1n) is 12.3. The Morgan fingerprint density at radius 1 is 1.17 bits per heavy atom. The fourth-order valence-corrected chi connectivity index (χ4v) is 4.91. The number of benzene rings is 1. The number of pyridine rings is 2. The highest BCUT2D eigenvalue weighted by molar-refractivity contribution is 5.96. The van der Waals surface area contributed by atoms with E-state index in [9.17, 15) is 0 Å². The first-order valence-corrected chi connectivity index (χ1v) is 12.3. The zero-order valence-corrected chi connectivity index (χ0v) is 20.3. The Balaban J connectivity index is 0.000000917. The fraction of sp³-hybridized carbons (Fsp3) is 0.444. The number of ether oxygens (including phenoxy) is 2. The quantitative estimate of drug-likeness (QED) is 0.347. The van der Waals surface area contributed by atoms with E-state index in [4.69, 9.17) is 24.4 Å². The number of fused-ring (bicyclic) bond motifs is 2. The summed E-state index contributed by atoms with van der Waals surface area (Å²) in [4.78, 5) is 20.1. The van der Waals surface area contributed by atoms with Crippen molar-refractivity contribution in [3.05, 3.63) is 53.5 Å². The van der Waals surface area contributed by atoms with Gasteiger partial charge in [-0.15, -0.1) is 0 Å². The van der Waals surface area contributed by atoms with Crippen LogP contribution in [0.2, 0.25) is 0 Å². The van der Waals surface area contributed by atoms with Gasteiger partial charge in [0, 0.05) is 48.3 Å². The molecule has 3 aromatic rings. The lowest BCUT2D eigenvalue weighted by Gasteiger charge is -2.18. The molecule has 1 fully saturated rings. The standard InChI is InChI=1S/C26H32N4O2.CH2O2/c1-31-24-15-21-23(16-25(24)32-14-6-13-30-11-2-3-12-30)29-22-9-4-8-20(22)26(21)28-18-19-7-5-10-27-17-19;2-1-3/h5,7,10,15-17H,2-4,6,8-9,11-14,18H2,1H3,(H,28,29);1H,(H,2,3). The van der Waals surface area contributed by atoms with Crippen LogP contribution >= 0.6 is 0 Å². The molecule has 5 rings (SSSR count). The van der Waals surface area contributed by atoms with Crippen molar-refractivity contribution in [1.29, 1.82) is 0 Å². The molecule has 3 heterocycles. The third-order valence-corrected chi connectivity index (χ3v) is 6.56. The van der Waals surface area contributed by atoms with Crippen LogP contribution in [0.15, 0.2) is 36.7 Å². The van der Waals surface area contributed by atoms with E-state index in [0.717, 1.165) is 66.7 Å². The number of nitrogens with one attached hydrogen (secondary N) is 1. The molecule has 35 heavy (non-hydrogen) atoms. The van der Waals surface area contributed by atoms with Crippen molar-refractivity contribution < 1.29 is 19.4 Å². The van der Waals surface area contributed by atoms with Gasteiger partial charge in [0.05, 0.1) is 19.2 Å².